The first-order valence-corrected chi connectivity index (χ1v) is 3.70. The highest BCUT2D eigenvalue weighted by molar-refractivity contribution is 5.95. The largest absolute Gasteiger partial charge is 0.366 e. The molecule has 0 aliphatic rings. The predicted molar refractivity (Wildman–Crippen MR) is 45.1 cm³/mol. The average molecular weight is 177 g/mol. The number of rotatable bonds is 1. The fraction of sp³-hybridized carbons (Fsp3) is 0.125. The first-order chi connectivity index (χ1) is 6.18. The molecular formula is C8H7N3O2. The summed E-state index contributed by atoms with van der Waals surface area (Å²) in [6.07, 6.45) is 1.37. The molecule has 0 aliphatic heterocycles. The van der Waals surface area contributed by atoms with Crippen LogP contribution in [-0.4, -0.2) is 16.0 Å². The van der Waals surface area contributed by atoms with E-state index >= 15 is 0 Å². The maximum Gasteiger partial charge on any atom is 0.257 e. The van der Waals surface area contributed by atoms with Crippen LogP contribution >= 0.6 is 0 Å². The fourth-order valence-corrected chi connectivity index (χ4v) is 1.08. The molecule has 0 bridgehead atoms. The number of carbonyl (C=O) groups is 1. The van der Waals surface area contributed by atoms with Crippen molar-refractivity contribution in [3.63, 3.8) is 0 Å². The molecule has 2 aromatic heterocycles. The van der Waals surface area contributed by atoms with E-state index in [2.05, 4.69) is 10.1 Å². The highest BCUT2D eigenvalue weighted by Crippen LogP contribution is 2.16. The van der Waals surface area contributed by atoms with E-state index in [4.69, 9.17) is 10.3 Å². The number of fused-ring (bicyclic) bond motifs is 1. The minimum absolute atomic E-state index is 0.360. The Morgan fingerprint density at radius 1 is 1.62 bits per heavy atom. The fourth-order valence-electron chi connectivity index (χ4n) is 1.08. The minimum atomic E-state index is -0.505. The average Bonchev–Trinajstić information content (AvgIpc) is 2.47. The summed E-state index contributed by atoms with van der Waals surface area (Å²) in [5.41, 5.74) is 6.57. The van der Waals surface area contributed by atoms with Crippen LogP contribution in [0.15, 0.2) is 16.8 Å². The van der Waals surface area contributed by atoms with Gasteiger partial charge < -0.3 is 10.3 Å². The highest BCUT2D eigenvalue weighted by atomic mass is 16.5. The van der Waals surface area contributed by atoms with Crippen molar-refractivity contribution in [1.29, 1.82) is 0 Å². The van der Waals surface area contributed by atoms with Gasteiger partial charge in [-0.25, -0.2) is 4.98 Å². The molecule has 0 spiro atoms. The number of hydrogen-bond acceptors (Lipinski definition) is 4. The number of pyridine rings is 1. The maximum atomic E-state index is 10.8. The van der Waals surface area contributed by atoms with E-state index in [-0.39, 0.29) is 0 Å². The van der Waals surface area contributed by atoms with E-state index in [1.807, 2.05) is 0 Å². The van der Waals surface area contributed by atoms with Crippen molar-refractivity contribution in [2.45, 2.75) is 6.92 Å². The normalized spacial score (nSPS) is 10.5. The van der Waals surface area contributed by atoms with Crippen molar-refractivity contribution in [3.8, 4) is 0 Å². The van der Waals surface area contributed by atoms with Gasteiger partial charge in [0.05, 0.1) is 16.6 Å². The van der Waals surface area contributed by atoms with E-state index in [0.717, 1.165) is 5.39 Å². The second-order valence-corrected chi connectivity index (χ2v) is 2.71. The molecule has 2 heterocycles. The van der Waals surface area contributed by atoms with Crippen molar-refractivity contribution < 1.29 is 9.32 Å². The second-order valence-electron chi connectivity index (χ2n) is 2.71. The van der Waals surface area contributed by atoms with Crippen molar-refractivity contribution in [1.82, 2.24) is 10.1 Å². The van der Waals surface area contributed by atoms with E-state index in [1.54, 1.807) is 13.0 Å². The lowest BCUT2D eigenvalue weighted by atomic mass is 10.2. The van der Waals surface area contributed by atoms with Crippen molar-refractivity contribution in [3.05, 3.63) is 23.5 Å². The van der Waals surface area contributed by atoms with E-state index in [9.17, 15) is 4.79 Å². The molecule has 2 rings (SSSR count). The van der Waals surface area contributed by atoms with Gasteiger partial charge in [-0.1, -0.05) is 5.16 Å². The van der Waals surface area contributed by atoms with Gasteiger partial charge in [-0.2, -0.15) is 0 Å². The standard InChI is InChI=1S/C8H7N3O2/c1-4-6-2-5(7(9)12)3-10-8(6)13-11-4/h2-3H,1H3,(H2,9,12). The Hall–Kier alpha value is -1.91. The summed E-state index contributed by atoms with van der Waals surface area (Å²) in [6.45, 7) is 1.78. The first-order valence-electron chi connectivity index (χ1n) is 3.70. The number of primary amides is 1. The number of nitrogens with two attached hydrogens (primary N) is 1. The topological polar surface area (TPSA) is 82.0 Å². The molecule has 2 N–H and O–H groups in total. The summed E-state index contributed by atoms with van der Waals surface area (Å²) in [5, 5.41) is 4.43. The SMILES string of the molecule is Cc1noc2ncc(C(N)=O)cc12. The zero-order valence-corrected chi connectivity index (χ0v) is 6.94. The molecule has 0 fully saturated rings. The van der Waals surface area contributed by atoms with Gasteiger partial charge in [-0.15, -0.1) is 0 Å². The van der Waals surface area contributed by atoms with Crippen LogP contribution in [0.5, 0.6) is 0 Å². The van der Waals surface area contributed by atoms with Gasteiger partial charge in [-0.3, -0.25) is 4.79 Å². The summed E-state index contributed by atoms with van der Waals surface area (Å²) >= 11 is 0. The third-order valence-electron chi connectivity index (χ3n) is 1.79. The smallest absolute Gasteiger partial charge is 0.257 e. The zero-order valence-electron chi connectivity index (χ0n) is 6.94. The minimum Gasteiger partial charge on any atom is -0.366 e. The van der Waals surface area contributed by atoms with Crippen molar-refractivity contribution in [2.24, 2.45) is 5.73 Å². The lowest BCUT2D eigenvalue weighted by molar-refractivity contribution is 0.1000. The Morgan fingerprint density at radius 2 is 2.38 bits per heavy atom. The number of carbonyl (C=O) groups excluding carboxylic acids is 1. The number of aromatic nitrogens is 2. The monoisotopic (exact) mass is 177 g/mol. The molecule has 0 saturated carbocycles. The third-order valence-corrected chi connectivity index (χ3v) is 1.79. The van der Waals surface area contributed by atoms with Gasteiger partial charge in [0.15, 0.2) is 0 Å². The van der Waals surface area contributed by atoms with Gasteiger partial charge in [0.1, 0.15) is 0 Å². The van der Waals surface area contributed by atoms with Crippen LogP contribution < -0.4 is 5.73 Å². The molecule has 5 heteroatoms. The zero-order chi connectivity index (χ0) is 9.42. The van der Waals surface area contributed by atoms with Gasteiger partial charge in [-0.05, 0) is 13.0 Å². The molecule has 0 radical (unpaired) electrons. The van der Waals surface area contributed by atoms with Gasteiger partial charge in [0, 0.05) is 6.20 Å². The maximum absolute atomic E-state index is 10.8. The molecule has 66 valence electrons. The lowest BCUT2D eigenvalue weighted by Gasteiger charge is -1.92. The highest BCUT2D eigenvalue weighted by Gasteiger charge is 2.08. The molecule has 2 aromatic rings. The molecule has 1 amide bonds. The Kier molecular flexibility index (Phi) is 1.51. The van der Waals surface area contributed by atoms with Crippen molar-refractivity contribution in [2.75, 3.05) is 0 Å². The first kappa shape index (κ1) is 7.72. The Bertz CT molecular complexity index is 475. The third kappa shape index (κ3) is 1.14. The summed E-state index contributed by atoms with van der Waals surface area (Å²) in [7, 11) is 0. The van der Waals surface area contributed by atoms with Gasteiger partial charge >= 0.3 is 0 Å². The lowest BCUT2D eigenvalue weighted by Crippen LogP contribution is -2.10. The molecule has 0 unspecified atom stereocenters. The van der Waals surface area contributed by atoms with Crippen LogP contribution in [0, 0.1) is 6.92 Å². The molecule has 0 saturated heterocycles. The summed E-state index contributed by atoms with van der Waals surface area (Å²) in [5.74, 6) is -0.505. The Balaban J connectivity index is 2.72. The number of aryl methyl sites for hydroxylation is 1. The summed E-state index contributed by atoms with van der Waals surface area (Å²) in [4.78, 5) is 14.7. The van der Waals surface area contributed by atoms with E-state index in [0.29, 0.717) is 17.0 Å². The van der Waals surface area contributed by atoms with Crippen LogP contribution in [-0.2, 0) is 0 Å². The summed E-state index contributed by atoms with van der Waals surface area (Å²) in [6, 6.07) is 1.62. The van der Waals surface area contributed by atoms with Crippen LogP contribution in [0.3, 0.4) is 0 Å². The number of amides is 1. The second kappa shape index (κ2) is 2.55. The Morgan fingerprint density at radius 3 is 3.08 bits per heavy atom. The molecular weight excluding hydrogens is 170 g/mol. The number of hydrogen-bond donors (Lipinski definition) is 1. The van der Waals surface area contributed by atoms with E-state index < -0.39 is 5.91 Å². The summed E-state index contributed by atoms with van der Waals surface area (Å²) < 4.78 is 4.87. The van der Waals surface area contributed by atoms with Crippen LogP contribution in [0.1, 0.15) is 16.1 Å². The van der Waals surface area contributed by atoms with Crippen LogP contribution in [0.4, 0.5) is 0 Å². The van der Waals surface area contributed by atoms with Crippen LogP contribution in [0.2, 0.25) is 0 Å². The van der Waals surface area contributed by atoms with Gasteiger partial charge in [0.25, 0.3) is 5.71 Å². The molecule has 0 atom stereocenters. The van der Waals surface area contributed by atoms with Crippen LogP contribution in [0.25, 0.3) is 11.1 Å². The van der Waals surface area contributed by atoms with Crippen molar-refractivity contribution >= 4 is 17.0 Å². The quantitative estimate of drug-likeness (QED) is 0.692. The van der Waals surface area contributed by atoms with Gasteiger partial charge in [0.2, 0.25) is 5.91 Å². The predicted octanol–water partition coefficient (Wildman–Crippen LogP) is 0.630. The molecule has 5 nitrogen and oxygen atoms in total. The Labute approximate surface area is 73.5 Å². The van der Waals surface area contributed by atoms with E-state index in [1.165, 1.54) is 6.20 Å². The molecule has 13 heavy (non-hydrogen) atoms. The molecule has 0 aromatic carbocycles. The molecule has 0 aliphatic carbocycles. The number of nitrogens with zero attached hydrogens (tertiary/aromatic N) is 2.